The molecule has 2 atom stereocenters. The maximum absolute atomic E-state index is 13.1. The predicted octanol–water partition coefficient (Wildman–Crippen LogP) is 2.75. The molecule has 1 aromatic carbocycles. The van der Waals surface area contributed by atoms with Gasteiger partial charge in [-0.2, -0.15) is 0 Å². The Balaban J connectivity index is 1.37. The van der Waals surface area contributed by atoms with Gasteiger partial charge in [0.25, 0.3) is 5.56 Å². The fraction of sp³-hybridized carbons (Fsp3) is 0.417. The Hall–Kier alpha value is -2.90. The fourth-order valence-corrected chi connectivity index (χ4v) is 5.18. The summed E-state index contributed by atoms with van der Waals surface area (Å²) >= 11 is 0. The number of likely N-dealkylation sites (tertiary alicyclic amines) is 1. The number of aliphatic hydroxyl groups excluding tert-OH is 1. The highest BCUT2D eigenvalue weighted by Gasteiger charge is 2.35. The molecule has 2 aromatic heterocycles. The van der Waals surface area contributed by atoms with Crippen LogP contribution in [-0.4, -0.2) is 44.2 Å². The maximum atomic E-state index is 13.1. The number of nitrogens with one attached hydrogen (secondary N) is 1. The number of fused-ring (bicyclic) bond motifs is 4. The molecule has 2 aliphatic rings. The zero-order valence-electron chi connectivity index (χ0n) is 17.8. The topological polar surface area (TPSA) is 83.4 Å². The van der Waals surface area contributed by atoms with E-state index in [4.69, 9.17) is 4.74 Å². The van der Waals surface area contributed by atoms with E-state index in [1.54, 1.807) is 12.4 Å². The molecule has 0 amide bonds. The molecule has 0 aliphatic carbocycles. The molecular formula is C24H28N4O3. The van der Waals surface area contributed by atoms with Crippen molar-refractivity contribution in [3.05, 3.63) is 69.9 Å². The summed E-state index contributed by atoms with van der Waals surface area (Å²) in [5.74, 6) is 2.19. The molecule has 2 aliphatic heterocycles. The van der Waals surface area contributed by atoms with Crippen LogP contribution >= 0.6 is 0 Å². The minimum atomic E-state index is -0.0251. The minimum Gasteiger partial charge on any atom is -0.494 e. The molecule has 1 fully saturated rings. The van der Waals surface area contributed by atoms with Crippen LogP contribution < -0.4 is 10.3 Å². The number of aliphatic hydroxyl groups is 1. The molecule has 4 heterocycles. The second kappa shape index (κ2) is 8.32. The smallest absolute Gasteiger partial charge is 0.261 e. The minimum absolute atomic E-state index is 0.0251. The Kier molecular flexibility index (Phi) is 5.38. The van der Waals surface area contributed by atoms with Crippen molar-refractivity contribution in [1.82, 2.24) is 19.4 Å². The van der Waals surface area contributed by atoms with Gasteiger partial charge in [-0.25, -0.2) is 4.98 Å². The van der Waals surface area contributed by atoms with Crippen LogP contribution in [0.2, 0.25) is 0 Å². The first-order chi connectivity index (χ1) is 15.2. The lowest BCUT2D eigenvalue weighted by Crippen LogP contribution is -2.47. The molecule has 0 unspecified atom stereocenters. The standard InChI is InChI=1S/C24H28N4O3/c1-2-31-22-6-3-16(9-19(22)15-29)11-27-12-17-10-18(14-27)21-5-4-20(23-25-7-8-26-23)24(30)28(21)13-17/h3-9,17-18,29H,2,10-15H2,1H3,(H,25,26)/t17-,18+/m0/s1. The van der Waals surface area contributed by atoms with E-state index in [9.17, 15) is 9.90 Å². The number of aromatic nitrogens is 3. The Morgan fingerprint density at radius 1 is 1.23 bits per heavy atom. The zero-order valence-corrected chi connectivity index (χ0v) is 17.8. The Morgan fingerprint density at radius 2 is 2.13 bits per heavy atom. The van der Waals surface area contributed by atoms with E-state index in [-0.39, 0.29) is 12.2 Å². The maximum Gasteiger partial charge on any atom is 0.261 e. The third-order valence-electron chi connectivity index (χ3n) is 6.43. The van der Waals surface area contributed by atoms with Gasteiger partial charge >= 0.3 is 0 Å². The van der Waals surface area contributed by atoms with Crippen molar-refractivity contribution in [2.75, 3.05) is 19.7 Å². The van der Waals surface area contributed by atoms with E-state index in [1.807, 2.05) is 29.7 Å². The first kappa shape index (κ1) is 20.0. The SMILES string of the molecule is CCOc1ccc(CN2C[C@@H]3C[C@H](C2)c2ccc(-c4ncc[nH]4)c(=O)n2C3)cc1CO. The van der Waals surface area contributed by atoms with Crippen molar-refractivity contribution in [3.8, 4) is 17.1 Å². The predicted molar refractivity (Wildman–Crippen MR) is 118 cm³/mol. The average Bonchev–Trinajstić information content (AvgIpc) is 3.30. The number of H-pyrrole nitrogens is 1. The number of ether oxygens (including phenoxy) is 1. The van der Waals surface area contributed by atoms with Gasteiger partial charge in [0.05, 0.1) is 18.8 Å². The van der Waals surface area contributed by atoms with Crippen LogP contribution in [0.15, 0.2) is 47.5 Å². The molecule has 0 spiro atoms. The van der Waals surface area contributed by atoms with Crippen LogP contribution in [0.1, 0.15) is 36.1 Å². The molecule has 0 radical (unpaired) electrons. The van der Waals surface area contributed by atoms with Gasteiger partial charge in [-0.15, -0.1) is 0 Å². The van der Waals surface area contributed by atoms with E-state index in [1.165, 1.54) is 5.56 Å². The van der Waals surface area contributed by atoms with E-state index in [0.29, 0.717) is 29.8 Å². The number of piperidine rings is 1. The van der Waals surface area contributed by atoms with Gasteiger partial charge in [0.15, 0.2) is 0 Å². The third-order valence-corrected chi connectivity index (χ3v) is 6.43. The van der Waals surface area contributed by atoms with Gasteiger partial charge in [0.1, 0.15) is 11.6 Å². The number of hydrogen-bond acceptors (Lipinski definition) is 5. The normalized spacial score (nSPS) is 20.5. The van der Waals surface area contributed by atoms with Gasteiger partial charge in [-0.3, -0.25) is 9.69 Å². The molecule has 5 rings (SSSR count). The summed E-state index contributed by atoms with van der Waals surface area (Å²) in [6.07, 6.45) is 4.55. The van der Waals surface area contributed by atoms with Crippen molar-refractivity contribution in [2.45, 2.75) is 39.0 Å². The van der Waals surface area contributed by atoms with Crippen molar-refractivity contribution in [1.29, 1.82) is 0 Å². The summed E-state index contributed by atoms with van der Waals surface area (Å²) in [4.78, 5) is 22.9. The highest BCUT2D eigenvalue weighted by molar-refractivity contribution is 5.53. The molecule has 0 saturated carbocycles. The van der Waals surface area contributed by atoms with Crippen LogP contribution in [0.25, 0.3) is 11.4 Å². The Morgan fingerprint density at radius 3 is 2.90 bits per heavy atom. The fourth-order valence-electron chi connectivity index (χ4n) is 5.18. The lowest BCUT2D eigenvalue weighted by Gasteiger charge is -2.43. The van der Waals surface area contributed by atoms with Crippen molar-refractivity contribution in [3.63, 3.8) is 0 Å². The van der Waals surface area contributed by atoms with E-state index in [2.05, 4.69) is 27.0 Å². The quantitative estimate of drug-likeness (QED) is 0.641. The van der Waals surface area contributed by atoms with Crippen molar-refractivity contribution < 1.29 is 9.84 Å². The molecule has 7 heteroatoms. The first-order valence-corrected chi connectivity index (χ1v) is 11.0. The number of pyridine rings is 1. The molecule has 2 N–H and O–H groups in total. The number of imidazole rings is 1. The Bertz CT molecular complexity index is 1120. The molecular weight excluding hydrogens is 392 g/mol. The summed E-state index contributed by atoms with van der Waals surface area (Å²) in [5, 5.41) is 9.70. The Labute approximate surface area is 181 Å². The van der Waals surface area contributed by atoms with Crippen molar-refractivity contribution in [2.24, 2.45) is 5.92 Å². The molecule has 7 nitrogen and oxygen atoms in total. The molecule has 31 heavy (non-hydrogen) atoms. The van der Waals surface area contributed by atoms with Gasteiger partial charge in [-0.05, 0) is 49.1 Å². The summed E-state index contributed by atoms with van der Waals surface area (Å²) < 4.78 is 7.57. The van der Waals surface area contributed by atoms with Crippen LogP contribution in [0, 0.1) is 5.92 Å². The second-order valence-corrected chi connectivity index (χ2v) is 8.55. The van der Waals surface area contributed by atoms with E-state index >= 15 is 0 Å². The summed E-state index contributed by atoms with van der Waals surface area (Å²) in [7, 11) is 0. The number of hydrogen-bond donors (Lipinski definition) is 2. The lowest BCUT2D eigenvalue weighted by atomic mass is 9.82. The number of rotatable bonds is 6. The summed E-state index contributed by atoms with van der Waals surface area (Å²) in [6.45, 7) is 5.99. The van der Waals surface area contributed by atoms with Gasteiger partial charge in [0.2, 0.25) is 0 Å². The molecule has 162 valence electrons. The van der Waals surface area contributed by atoms with E-state index in [0.717, 1.165) is 49.6 Å². The zero-order chi connectivity index (χ0) is 21.4. The van der Waals surface area contributed by atoms with Crippen LogP contribution in [-0.2, 0) is 19.7 Å². The highest BCUT2D eigenvalue weighted by Crippen LogP contribution is 2.36. The van der Waals surface area contributed by atoms with Crippen LogP contribution in [0.3, 0.4) is 0 Å². The van der Waals surface area contributed by atoms with Gasteiger partial charge in [0, 0.05) is 55.7 Å². The molecule has 2 bridgehead atoms. The third kappa shape index (κ3) is 3.79. The summed E-state index contributed by atoms with van der Waals surface area (Å²) in [5.41, 5.74) is 3.83. The van der Waals surface area contributed by atoms with Crippen molar-refractivity contribution >= 4 is 0 Å². The number of benzene rings is 1. The average molecular weight is 421 g/mol. The van der Waals surface area contributed by atoms with Crippen LogP contribution in [0.4, 0.5) is 0 Å². The number of aromatic amines is 1. The van der Waals surface area contributed by atoms with Gasteiger partial charge < -0.3 is 19.4 Å². The second-order valence-electron chi connectivity index (χ2n) is 8.55. The van der Waals surface area contributed by atoms with Gasteiger partial charge in [-0.1, -0.05) is 6.07 Å². The number of nitrogens with zero attached hydrogens (tertiary/aromatic N) is 3. The molecule has 3 aromatic rings. The summed E-state index contributed by atoms with van der Waals surface area (Å²) in [6, 6.07) is 10.1. The first-order valence-electron chi connectivity index (χ1n) is 11.0. The monoisotopic (exact) mass is 420 g/mol. The van der Waals surface area contributed by atoms with Crippen LogP contribution in [0.5, 0.6) is 5.75 Å². The van der Waals surface area contributed by atoms with E-state index < -0.39 is 0 Å². The lowest BCUT2D eigenvalue weighted by molar-refractivity contribution is 0.114. The highest BCUT2D eigenvalue weighted by atomic mass is 16.5. The largest absolute Gasteiger partial charge is 0.494 e. The molecule has 1 saturated heterocycles.